The molecule has 0 amide bonds. The predicted octanol–water partition coefficient (Wildman–Crippen LogP) is 4.25. The number of nitrogens with two attached hydrogens (primary N) is 1. The Morgan fingerprint density at radius 2 is 1.57 bits per heavy atom. The van der Waals surface area contributed by atoms with E-state index in [0.717, 1.165) is 22.2 Å². The normalized spacial score (nSPS) is 10.9. The molecule has 138 valence electrons. The number of hydrogen-bond donors (Lipinski definition) is 1. The average molecular weight is 368 g/mol. The average Bonchev–Trinajstić information content (AvgIpc) is 3.01. The third-order valence-corrected chi connectivity index (χ3v) is 4.94. The molecule has 0 saturated heterocycles. The third kappa shape index (κ3) is 3.21. The second-order valence-corrected chi connectivity index (χ2v) is 6.70. The zero-order valence-corrected chi connectivity index (χ0v) is 15.6. The molecule has 0 radical (unpaired) electrons. The van der Waals surface area contributed by atoms with Crippen molar-refractivity contribution in [1.82, 2.24) is 4.57 Å². The molecule has 0 bridgehead atoms. The summed E-state index contributed by atoms with van der Waals surface area (Å²) in [6.07, 6.45) is 1.80. The van der Waals surface area contributed by atoms with Gasteiger partial charge < -0.3 is 0 Å². The van der Waals surface area contributed by atoms with Gasteiger partial charge in [-0.05, 0) is 23.3 Å². The van der Waals surface area contributed by atoms with Gasteiger partial charge in [-0.3, -0.25) is 10.5 Å². The van der Waals surface area contributed by atoms with Crippen LogP contribution in [0.4, 0.5) is 5.95 Å². The number of carbonyl (C=O) groups excluding carboxylic acids is 1. The number of benzene rings is 3. The molecule has 3 aromatic carbocycles. The molecular formula is C24H22N3O+. The van der Waals surface area contributed by atoms with Crippen molar-refractivity contribution < 1.29 is 9.36 Å². The van der Waals surface area contributed by atoms with E-state index in [1.54, 1.807) is 6.08 Å². The fourth-order valence-corrected chi connectivity index (χ4v) is 3.51. The molecule has 0 atom stereocenters. The largest absolute Gasteiger partial charge is 0.356 e. The smallest absolute Gasteiger partial charge is 0.291 e. The standard InChI is InChI=1S/C24H21N3O/c1-2-16-26-21-10-6-7-11-22(21)27(24(26)25)17-23(28)20-14-12-19(13-15-20)18-8-4-3-5-9-18/h2-15,25H,1,16-17H2/p+1. The number of anilines is 1. The molecule has 4 heteroatoms. The number of ketones is 1. The Bertz CT molecular complexity index is 1140. The first-order valence-corrected chi connectivity index (χ1v) is 9.25. The summed E-state index contributed by atoms with van der Waals surface area (Å²) in [5, 5.41) is 0. The number of carbonyl (C=O) groups is 1. The first-order chi connectivity index (χ1) is 13.7. The lowest BCUT2D eigenvalue weighted by Crippen LogP contribution is -2.40. The number of Topliss-reactive ketones (excluding diaryl/α,β-unsaturated/α-hetero) is 1. The quantitative estimate of drug-likeness (QED) is 0.314. The van der Waals surface area contributed by atoms with E-state index < -0.39 is 0 Å². The predicted molar refractivity (Wildman–Crippen MR) is 113 cm³/mol. The van der Waals surface area contributed by atoms with Gasteiger partial charge >= 0.3 is 5.95 Å². The Morgan fingerprint density at radius 3 is 2.29 bits per heavy atom. The maximum Gasteiger partial charge on any atom is 0.356 e. The summed E-state index contributed by atoms with van der Waals surface area (Å²) < 4.78 is 3.83. The summed E-state index contributed by atoms with van der Waals surface area (Å²) >= 11 is 0. The number of para-hydroxylation sites is 2. The van der Waals surface area contributed by atoms with Crippen LogP contribution in [0, 0.1) is 0 Å². The van der Waals surface area contributed by atoms with Crippen LogP contribution in [0.5, 0.6) is 0 Å². The van der Waals surface area contributed by atoms with Gasteiger partial charge in [0, 0.05) is 5.56 Å². The number of nitrogens with zero attached hydrogens (tertiary/aromatic N) is 2. The van der Waals surface area contributed by atoms with Gasteiger partial charge in [-0.2, -0.15) is 0 Å². The van der Waals surface area contributed by atoms with Crippen LogP contribution in [0.2, 0.25) is 0 Å². The van der Waals surface area contributed by atoms with E-state index in [0.29, 0.717) is 18.1 Å². The lowest BCUT2D eigenvalue weighted by molar-refractivity contribution is -0.642. The molecule has 1 aromatic heterocycles. The maximum absolute atomic E-state index is 12.9. The van der Waals surface area contributed by atoms with Gasteiger partial charge in [0.2, 0.25) is 0 Å². The molecule has 0 aliphatic carbocycles. The molecule has 0 spiro atoms. The summed E-state index contributed by atoms with van der Waals surface area (Å²) in [7, 11) is 0. The molecule has 0 aliphatic rings. The van der Waals surface area contributed by atoms with Gasteiger partial charge in [0.15, 0.2) is 5.78 Å². The van der Waals surface area contributed by atoms with E-state index >= 15 is 0 Å². The van der Waals surface area contributed by atoms with Gasteiger partial charge in [-0.1, -0.05) is 79.4 Å². The lowest BCUT2D eigenvalue weighted by Gasteiger charge is -2.05. The van der Waals surface area contributed by atoms with Crippen molar-refractivity contribution in [2.75, 3.05) is 5.73 Å². The Balaban J connectivity index is 1.64. The number of nitrogen functional groups attached to an aromatic ring is 1. The van der Waals surface area contributed by atoms with Crippen molar-refractivity contribution in [3.05, 3.63) is 97.1 Å². The zero-order chi connectivity index (χ0) is 19.5. The van der Waals surface area contributed by atoms with Crippen LogP contribution in [0.15, 0.2) is 91.5 Å². The molecule has 1 heterocycles. The lowest BCUT2D eigenvalue weighted by atomic mass is 10.0. The number of hydrogen-bond acceptors (Lipinski definition) is 2. The summed E-state index contributed by atoms with van der Waals surface area (Å²) in [6.45, 7) is 4.59. The van der Waals surface area contributed by atoms with Gasteiger partial charge in [0.1, 0.15) is 17.6 Å². The number of imidazole rings is 1. The van der Waals surface area contributed by atoms with Gasteiger partial charge in [0.05, 0.1) is 6.54 Å². The van der Waals surface area contributed by atoms with Crippen molar-refractivity contribution in [3.8, 4) is 11.1 Å². The van der Waals surface area contributed by atoms with E-state index in [-0.39, 0.29) is 12.3 Å². The third-order valence-electron chi connectivity index (χ3n) is 4.94. The highest BCUT2D eigenvalue weighted by Crippen LogP contribution is 2.20. The van der Waals surface area contributed by atoms with Crippen LogP contribution in [-0.4, -0.2) is 10.4 Å². The zero-order valence-electron chi connectivity index (χ0n) is 15.6. The van der Waals surface area contributed by atoms with E-state index in [2.05, 4.69) is 18.7 Å². The highest BCUT2D eigenvalue weighted by Gasteiger charge is 2.22. The number of aromatic nitrogens is 2. The molecule has 0 fully saturated rings. The minimum Gasteiger partial charge on any atom is -0.291 e. The second-order valence-electron chi connectivity index (χ2n) is 6.70. The fraction of sp³-hybridized carbons (Fsp3) is 0.0833. The Kier molecular flexibility index (Phi) is 4.77. The summed E-state index contributed by atoms with van der Waals surface area (Å²) in [5.74, 6) is 0.577. The monoisotopic (exact) mass is 368 g/mol. The SMILES string of the molecule is C=CCn1c(N)[n+](CC(=O)c2ccc(-c3ccccc3)cc2)c2ccccc21. The van der Waals surface area contributed by atoms with Crippen molar-refractivity contribution in [3.63, 3.8) is 0 Å². The van der Waals surface area contributed by atoms with Crippen molar-refractivity contribution in [1.29, 1.82) is 0 Å². The number of rotatable bonds is 6. The van der Waals surface area contributed by atoms with Crippen LogP contribution in [0.3, 0.4) is 0 Å². The fourth-order valence-electron chi connectivity index (χ4n) is 3.51. The van der Waals surface area contributed by atoms with Crippen molar-refractivity contribution in [2.24, 2.45) is 0 Å². The molecule has 4 aromatic rings. The van der Waals surface area contributed by atoms with Crippen LogP contribution < -0.4 is 10.3 Å². The molecule has 4 rings (SSSR count). The molecule has 28 heavy (non-hydrogen) atoms. The number of allylic oxidation sites excluding steroid dienone is 1. The molecule has 0 saturated carbocycles. The molecule has 2 N–H and O–H groups in total. The topological polar surface area (TPSA) is 51.9 Å². The van der Waals surface area contributed by atoms with Gasteiger partial charge in [-0.25, -0.2) is 9.13 Å². The first kappa shape index (κ1) is 17.7. The van der Waals surface area contributed by atoms with Gasteiger partial charge in [0.25, 0.3) is 0 Å². The Hall–Kier alpha value is -3.66. The van der Waals surface area contributed by atoms with E-state index in [9.17, 15) is 4.79 Å². The van der Waals surface area contributed by atoms with Crippen LogP contribution >= 0.6 is 0 Å². The van der Waals surface area contributed by atoms with Crippen LogP contribution in [-0.2, 0) is 13.1 Å². The number of fused-ring (bicyclic) bond motifs is 1. The Morgan fingerprint density at radius 1 is 0.929 bits per heavy atom. The van der Waals surface area contributed by atoms with Crippen LogP contribution in [0.25, 0.3) is 22.2 Å². The molecule has 4 nitrogen and oxygen atoms in total. The minimum absolute atomic E-state index is 0.0258. The highest BCUT2D eigenvalue weighted by atomic mass is 16.1. The second kappa shape index (κ2) is 7.53. The maximum atomic E-state index is 12.9. The Labute approximate surface area is 164 Å². The summed E-state index contributed by atoms with van der Waals surface area (Å²) in [4.78, 5) is 12.9. The van der Waals surface area contributed by atoms with Crippen molar-refractivity contribution in [2.45, 2.75) is 13.1 Å². The van der Waals surface area contributed by atoms with Crippen LogP contribution in [0.1, 0.15) is 10.4 Å². The molecular weight excluding hydrogens is 346 g/mol. The summed E-state index contributed by atoms with van der Waals surface area (Å²) in [5.41, 5.74) is 11.2. The summed E-state index contributed by atoms with van der Waals surface area (Å²) in [6, 6.07) is 25.8. The molecule has 0 unspecified atom stereocenters. The highest BCUT2D eigenvalue weighted by molar-refractivity contribution is 5.95. The minimum atomic E-state index is 0.0258. The van der Waals surface area contributed by atoms with E-state index in [4.69, 9.17) is 5.73 Å². The van der Waals surface area contributed by atoms with E-state index in [1.807, 2.05) is 75.9 Å². The first-order valence-electron chi connectivity index (χ1n) is 9.25. The molecule has 0 aliphatic heterocycles. The van der Waals surface area contributed by atoms with Crippen molar-refractivity contribution >= 4 is 22.8 Å². The van der Waals surface area contributed by atoms with Gasteiger partial charge in [-0.15, -0.1) is 0 Å². The van der Waals surface area contributed by atoms with E-state index in [1.165, 1.54) is 0 Å².